The van der Waals surface area contributed by atoms with Crippen LogP contribution in [0.5, 0.6) is 0 Å². The molecular weight excluding hydrogens is 495 g/mol. The van der Waals surface area contributed by atoms with Gasteiger partial charge < -0.3 is 0 Å². The minimum atomic E-state index is -3.53. The Balaban J connectivity index is 1.78. The number of Topliss-reactive ketones (excluding diaryl/α,β-unsaturated/α-hetero) is 1. The highest BCUT2D eigenvalue weighted by Crippen LogP contribution is 2.24. The first-order valence-corrected chi connectivity index (χ1v) is 12.0. The van der Waals surface area contributed by atoms with Crippen molar-refractivity contribution in [3.63, 3.8) is 0 Å². The third-order valence-electron chi connectivity index (χ3n) is 4.43. The van der Waals surface area contributed by atoms with E-state index in [0.29, 0.717) is 26.7 Å². The van der Waals surface area contributed by atoms with E-state index in [9.17, 15) is 13.2 Å². The molecule has 0 radical (unpaired) electrons. The molecule has 0 aliphatic rings. The SMILES string of the molecule is O=C(Cc1ccc(Cl)cc1Cl)Cc1ccccc1CS(=O)(=O)c1ccc(Br)cc1. The van der Waals surface area contributed by atoms with E-state index in [0.717, 1.165) is 4.47 Å². The van der Waals surface area contributed by atoms with Crippen molar-refractivity contribution in [1.29, 1.82) is 0 Å². The first-order valence-electron chi connectivity index (χ1n) is 8.75. The monoisotopic (exact) mass is 510 g/mol. The number of benzene rings is 3. The zero-order valence-corrected chi connectivity index (χ0v) is 19.2. The van der Waals surface area contributed by atoms with E-state index in [1.165, 1.54) is 0 Å². The summed E-state index contributed by atoms with van der Waals surface area (Å²) in [4.78, 5) is 12.8. The van der Waals surface area contributed by atoms with E-state index < -0.39 is 9.84 Å². The molecule has 150 valence electrons. The number of sulfone groups is 1. The van der Waals surface area contributed by atoms with Crippen molar-refractivity contribution in [3.8, 4) is 0 Å². The van der Waals surface area contributed by atoms with Crippen molar-refractivity contribution in [2.45, 2.75) is 23.5 Å². The Labute approximate surface area is 188 Å². The lowest BCUT2D eigenvalue weighted by atomic mass is 9.99. The molecule has 3 aromatic rings. The van der Waals surface area contributed by atoms with Gasteiger partial charge in [0.05, 0.1) is 10.6 Å². The molecule has 0 fully saturated rings. The summed E-state index contributed by atoms with van der Waals surface area (Å²) in [6.07, 6.45) is 0.286. The standard InChI is InChI=1S/C22H17BrCl2O3S/c23-18-6-9-21(10-7-18)29(27,28)14-17-4-2-1-3-15(17)11-20(26)12-16-5-8-19(24)13-22(16)25/h1-10,13H,11-12,14H2. The molecule has 0 bridgehead atoms. The summed E-state index contributed by atoms with van der Waals surface area (Å²) in [6.45, 7) is 0. The molecule has 3 nitrogen and oxygen atoms in total. The molecule has 7 heteroatoms. The predicted octanol–water partition coefficient (Wildman–Crippen LogP) is 6.08. The van der Waals surface area contributed by atoms with Crippen LogP contribution in [0.2, 0.25) is 10.0 Å². The lowest BCUT2D eigenvalue weighted by Crippen LogP contribution is -2.11. The van der Waals surface area contributed by atoms with Crippen LogP contribution in [0.25, 0.3) is 0 Å². The fourth-order valence-corrected chi connectivity index (χ4v) is 5.10. The quantitative estimate of drug-likeness (QED) is 0.386. The van der Waals surface area contributed by atoms with Gasteiger partial charge in [-0.15, -0.1) is 0 Å². The average molecular weight is 512 g/mol. The van der Waals surface area contributed by atoms with Crippen LogP contribution in [0.3, 0.4) is 0 Å². The molecule has 0 atom stereocenters. The summed E-state index contributed by atoms with van der Waals surface area (Å²) in [6, 6.07) is 18.6. The molecule has 0 saturated carbocycles. The van der Waals surface area contributed by atoms with Gasteiger partial charge in [0.1, 0.15) is 5.78 Å². The van der Waals surface area contributed by atoms with Crippen LogP contribution in [0, 0.1) is 0 Å². The van der Waals surface area contributed by atoms with Gasteiger partial charge in [0.15, 0.2) is 9.84 Å². The molecule has 0 aromatic heterocycles. The highest BCUT2D eigenvalue weighted by molar-refractivity contribution is 9.10. The largest absolute Gasteiger partial charge is 0.299 e. The summed E-state index contributed by atoms with van der Waals surface area (Å²) in [5.41, 5.74) is 2.01. The summed E-state index contributed by atoms with van der Waals surface area (Å²) in [5, 5.41) is 0.951. The minimum absolute atomic E-state index is 0.0530. The van der Waals surface area contributed by atoms with Crippen LogP contribution in [0.4, 0.5) is 0 Å². The van der Waals surface area contributed by atoms with Gasteiger partial charge in [-0.05, 0) is 53.1 Å². The van der Waals surface area contributed by atoms with E-state index >= 15 is 0 Å². The van der Waals surface area contributed by atoms with E-state index in [1.807, 2.05) is 0 Å². The third kappa shape index (κ3) is 5.92. The van der Waals surface area contributed by atoms with Crippen molar-refractivity contribution >= 4 is 54.8 Å². The van der Waals surface area contributed by atoms with Crippen molar-refractivity contribution in [2.24, 2.45) is 0 Å². The molecule has 0 amide bonds. The molecule has 0 aliphatic heterocycles. The molecule has 0 unspecified atom stereocenters. The van der Waals surface area contributed by atoms with Gasteiger partial charge >= 0.3 is 0 Å². The second-order valence-electron chi connectivity index (χ2n) is 6.61. The van der Waals surface area contributed by atoms with Crippen LogP contribution in [-0.4, -0.2) is 14.2 Å². The van der Waals surface area contributed by atoms with Crippen LogP contribution in [0.1, 0.15) is 16.7 Å². The van der Waals surface area contributed by atoms with E-state index in [1.54, 1.807) is 66.7 Å². The van der Waals surface area contributed by atoms with Crippen LogP contribution in [-0.2, 0) is 33.2 Å². The predicted molar refractivity (Wildman–Crippen MR) is 120 cm³/mol. The molecule has 0 N–H and O–H groups in total. The van der Waals surface area contributed by atoms with Gasteiger partial charge in [-0.1, -0.05) is 69.5 Å². The number of carbonyl (C=O) groups is 1. The number of rotatable bonds is 7. The number of carbonyl (C=O) groups excluding carboxylic acids is 1. The highest BCUT2D eigenvalue weighted by atomic mass is 79.9. The van der Waals surface area contributed by atoms with E-state index in [4.69, 9.17) is 23.2 Å². The highest BCUT2D eigenvalue weighted by Gasteiger charge is 2.18. The topological polar surface area (TPSA) is 51.2 Å². The van der Waals surface area contributed by atoms with Gasteiger partial charge in [-0.3, -0.25) is 4.79 Å². The van der Waals surface area contributed by atoms with E-state index in [2.05, 4.69) is 15.9 Å². The molecule has 29 heavy (non-hydrogen) atoms. The first-order chi connectivity index (χ1) is 13.7. The fourth-order valence-electron chi connectivity index (χ4n) is 2.95. The Morgan fingerprint density at radius 3 is 2.10 bits per heavy atom. The minimum Gasteiger partial charge on any atom is -0.299 e. The molecule has 3 aromatic carbocycles. The molecular formula is C22H17BrCl2O3S. The lowest BCUT2D eigenvalue weighted by Gasteiger charge is -2.11. The van der Waals surface area contributed by atoms with Gasteiger partial charge in [0.2, 0.25) is 0 Å². The smallest absolute Gasteiger partial charge is 0.182 e. The van der Waals surface area contributed by atoms with Gasteiger partial charge in [0.25, 0.3) is 0 Å². The lowest BCUT2D eigenvalue weighted by molar-refractivity contribution is -0.117. The molecule has 0 spiro atoms. The maximum Gasteiger partial charge on any atom is 0.182 e. The second-order valence-corrected chi connectivity index (χ2v) is 10.4. The third-order valence-corrected chi connectivity index (χ3v) is 7.22. The summed E-state index contributed by atoms with van der Waals surface area (Å²) >= 11 is 15.4. The van der Waals surface area contributed by atoms with Crippen molar-refractivity contribution < 1.29 is 13.2 Å². The van der Waals surface area contributed by atoms with Crippen LogP contribution in [0.15, 0.2) is 76.1 Å². The van der Waals surface area contributed by atoms with Gasteiger partial charge in [-0.25, -0.2) is 8.42 Å². The zero-order chi connectivity index (χ0) is 21.0. The zero-order valence-electron chi connectivity index (χ0n) is 15.2. The van der Waals surface area contributed by atoms with E-state index in [-0.39, 0.29) is 29.3 Å². The maximum atomic E-state index is 12.8. The summed E-state index contributed by atoms with van der Waals surface area (Å²) in [7, 11) is -3.53. The average Bonchev–Trinajstić information content (AvgIpc) is 2.66. The summed E-state index contributed by atoms with van der Waals surface area (Å²) in [5.74, 6) is -0.220. The van der Waals surface area contributed by atoms with Gasteiger partial charge in [0, 0.05) is 27.4 Å². The maximum absolute atomic E-state index is 12.8. The number of hydrogen-bond donors (Lipinski definition) is 0. The second kappa shape index (κ2) is 9.43. The van der Waals surface area contributed by atoms with Crippen molar-refractivity contribution in [2.75, 3.05) is 0 Å². The first kappa shape index (κ1) is 22.0. The Kier molecular flexibility index (Phi) is 7.17. The number of hydrogen-bond acceptors (Lipinski definition) is 3. The Morgan fingerprint density at radius 2 is 1.45 bits per heavy atom. The van der Waals surface area contributed by atoms with Crippen LogP contribution < -0.4 is 0 Å². The number of halogens is 3. The normalized spacial score (nSPS) is 11.4. The summed E-state index contributed by atoms with van der Waals surface area (Å²) < 4.78 is 26.4. The Hall–Kier alpha value is -1.66. The van der Waals surface area contributed by atoms with Crippen molar-refractivity contribution in [3.05, 3.63) is 97.9 Å². The molecule has 0 aliphatic carbocycles. The molecule has 3 rings (SSSR count). The fraction of sp³-hybridized carbons (Fsp3) is 0.136. The molecule has 0 saturated heterocycles. The Morgan fingerprint density at radius 1 is 0.828 bits per heavy atom. The van der Waals surface area contributed by atoms with Gasteiger partial charge in [-0.2, -0.15) is 0 Å². The van der Waals surface area contributed by atoms with Crippen LogP contribution >= 0.6 is 39.1 Å². The number of ketones is 1. The molecule has 0 heterocycles. The Bertz CT molecular complexity index is 1140. The van der Waals surface area contributed by atoms with Crippen molar-refractivity contribution in [1.82, 2.24) is 0 Å².